The highest BCUT2D eigenvalue weighted by atomic mass is 16.6. The molecule has 1 rings (SSSR count). The second-order valence-electron chi connectivity index (χ2n) is 5.24. The van der Waals surface area contributed by atoms with Crippen molar-refractivity contribution in [1.29, 1.82) is 0 Å². The van der Waals surface area contributed by atoms with Gasteiger partial charge < -0.3 is 15.8 Å². The van der Waals surface area contributed by atoms with E-state index in [1.807, 2.05) is 6.07 Å². The molecule has 5 nitrogen and oxygen atoms in total. The molecule has 0 aliphatic carbocycles. The standard InChI is InChI=1S/C15H20N2O3/c1-15(2,3)20-14(19)17-10-6-8-11-7-4-5-9-12(11)13(16)18/h4-9H,10H2,1-3H3,(H2,16,18)(H,17,19). The van der Waals surface area contributed by atoms with Gasteiger partial charge in [-0.3, -0.25) is 4.79 Å². The van der Waals surface area contributed by atoms with E-state index in [1.54, 1.807) is 51.1 Å². The molecule has 0 atom stereocenters. The first-order valence-electron chi connectivity index (χ1n) is 6.32. The van der Waals surface area contributed by atoms with E-state index >= 15 is 0 Å². The Bertz CT molecular complexity index is 516. The maximum Gasteiger partial charge on any atom is 0.407 e. The first kappa shape index (κ1) is 15.8. The molecule has 0 heterocycles. The number of hydrogen-bond acceptors (Lipinski definition) is 3. The van der Waals surface area contributed by atoms with Crippen molar-refractivity contribution in [3.05, 3.63) is 41.5 Å². The van der Waals surface area contributed by atoms with Crippen molar-refractivity contribution in [3.63, 3.8) is 0 Å². The second-order valence-corrected chi connectivity index (χ2v) is 5.24. The summed E-state index contributed by atoms with van der Waals surface area (Å²) in [6.07, 6.45) is 2.98. The van der Waals surface area contributed by atoms with Crippen LogP contribution in [0.5, 0.6) is 0 Å². The predicted molar refractivity (Wildman–Crippen MR) is 78.2 cm³/mol. The number of nitrogens with two attached hydrogens (primary N) is 1. The Labute approximate surface area is 118 Å². The molecule has 0 spiro atoms. The summed E-state index contributed by atoms with van der Waals surface area (Å²) >= 11 is 0. The monoisotopic (exact) mass is 276 g/mol. The third-order valence-corrected chi connectivity index (χ3v) is 2.29. The summed E-state index contributed by atoms with van der Waals surface area (Å²) < 4.78 is 5.09. The normalized spacial score (nSPS) is 11.3. The molecule has 0 aliphatic heterocycles. The molecule has 0 unspecified atom stereocenters. The molecule has 1 aromatic carbocycles. The fraction of sp³-hybridized carbons (Fsp3) is 0.333. The lowest BCUT2D eigenvalue weighted by Gasteiger charge is -2.19. The first-order valence-corrected chi connectivity index (χ1v) is 6.32. The van der Waals surface area contributed by atoms with E-state index in [2.05, 4.69) is 5.32 Å². The molecular formula is C15H20N2O3. The number of rotatable bonds is 4. The zero-order chi connectivity index (χ0) is 15.2. The molecule has 0 saturated carbocycles. The summed E-state index contributed by atoms with van der Waals surface area (Å²) in [5, 5.41) is 2.59. The Morgan fingerprint density at radius 1 is 1.30 bits per heavy atom. The quantitative estimate of drug-likeness (QED) is 0.885. The van der Waals surface area contributed by atoms with Crippen LogP contribution >= 0.6 is 0 Å². The molecule has 0 fully saturated rings. The van der Waals surface area contributed by atoms with E-state index in [-0.39, 0.29) is 0 Å². The van der Waals surface area contributed by atoms with E-state index in [1.165, 1.54) is 0 Å². The highest BCUT2D eigenvalue weighted by molar-refractivity contribution is 5.96. The molecule has 0 saturated heterocycles. The van der Waals surface area contributed by atoms with Gasteiger partial charge in [-0.1, -0.05) is 30.4 Å². The van der Waals surface area contributed by atoms with E-state index in [4.69, 9.17) is 10.5 Å². The molecule has 0 radical (unpaired) electrons. The Kier molecular flexibility index (Phi) is 5.32. The van der Waals surface area contributed by atoms with Crippen LogP contribution in [0.4, 0.5) is 4.79 Å². The van der Waals surface area contributed by atoms with E-state index in [0.29, 0.717) is 17.7 Å². The molecule has 0 bridgehead atoms. The van der Waals surface area contributed by atoms with Crippen LogP contribution in [0.1, 0.15) is 36.7 Å². The second kappa shape index (κ2) is 6.75. The number of carbonyl (C=O) groups excluding carboxylic acids is 2. The zero-order valence-corrected chi connectivity index (χ0v) is 12.0. The summed E-state index contributed by atoms with van der Waals surface area (Å²) in [5.41, 5.74) is 5.91. The topological polar surface area (TPSA) is 81.4 Å². The molecule has 2 amide bonds. The third-order valence-electron chi connectivity index (χ3n) is 2.29. The van der Waals surface area contributed by atoms with Gasteiger partial charge in [0.25, 0.3) is 0 Å². The van der Waals surface area contributed by atoms with Gasteiger partial charge in [-0.25, -0.2) is 4.79 Å². The molecule has 3 N–H and O–H groups in total. The van der Waals surface area contributed by atoms with Crippen LogP contribution in [0, 0.1) is 0 Å². The van der Waals surface area contributed by atoms with Crippen LogP contribution < -0.4 is 11.1 Å². The summed E-state index contributed by atoms with van der Waals surface area (Å²) in [7, 11) is 0. The minimum Gasteiger partial charge on any atom is -0.444 e. The van der Waals surface area contributed by atoms with E-state index in [9.17, 15) is 9.59 Å². The minimum atomic E-state index is -0.521. The lowest BCUT2D eigenvalue weighted by molar-refractivity contribution is 0.0534. The zero-order valence-electron chi connectivity index (χ0n) is 12.0. The lowest BCUT2D eigenvalue weighted by Crippen LogP contribution is -2.32. The lowest BCUT2D eigenvalue weighted by atomic mass is 10.1. The van der Waals surface area contributed by atoms with Crippen molar-refractivity contribution in [2.24, 2.45) is 5.73 Å². The van der Waals surface area contributed by atoms with Crippen LogP contribution in [0.3, 0.4) is 0 Å². The highest BCUT2D eigenvalue weighted by Gasteiger charge is 2.15. The maximum absolute atomic E-state index is 11.4. The fourth-order valence-corrected chi connectivity index (χ4v) is 1.51. The third kappa shape index (κ3) is 5.56. The SMILES string of the molecule is CC(C)(C)OC(=O)NCC=Cc1ccccc1C(N)=O. The number of ether oxygens (including phenoxy) is 1. The molecule has 0 aromatic heterocycles. The average Bonchev–Trinajstić information content (AvgIpc) is 2.33. The van der Waals surface area contributed by atoms with Gasteiger partial charge in [-0.05, 0) is 32.4 Å². The van der Waals surface area contributed by atoms with Gasteiger partial charge in [0, 0.05) is 12.1 Å². The predicted octanol–water partition coefficient (Wildman–Crippen LogP) is 2.32. The average molecular weight is 276 g/mol. The van der Waals surface area contributed by atoms with Gasteiger partial charge in [0.15, 0.2) is 0 Å². The van der Waals surface area contributed by atoms with Gasteiger partial charge >= 0.3 is 6.09 Å². The van der Waals surface area contributed by atoms with Gasteiger partial charge in [0.2, 0.25) is 5.91 Å². The number of hydrogen-bond donors (Lipinski definition) is 2. The number of primary amides is 1. The summed E-state index contributed by atoms with van der Waals surface area (Å²) in [6, 6.07) is 7.00. The molecule has 0 aliphatic rings. The molecule has 5 heteroatoms. The van der Waals surface area contributed by atoms with Gasteiger partial charge in [-0.2, -0.15) is 0 Å². The molecular weight excluding hydrogens is 256 g/mol. The van der Waals surface area contributed by atoms with Crippen LogP contribution in [0.2, 0.25) is 0 Å². The van der Waals surface area contributed by atoms with Gasteiger partial charge in [0.1, 0.15) is 5.60 Å². The minimum absolute atomic E-state index is 0.308. The Hall–Kier alpha value is -2.30. The fourth-order valence-electron chi connectivity index (χ4n) is 1.51. The van der Waals surface area contributed by atoms with Crippen molar-refractivity contribution < 1.29 is 14.3 Å². The van der Waals surface area contributed by atoms with Crippen LogP contribution in [0.15, 0.2) is 30.3 Å². The van der Waals surface area contributed by atoms with Crippen molar-refractivity contribution in [1.82, 2.24) is 5.32 Å². The largest absolute Gasteiger partial charge is 0.444 e. The smallest absolute Gasteiger partial charge is 0.407 e. The number of alkyl carbamates (subject to hydrolysis) is 1. The van der Waals surface area contributed by atoms with Gasteiger partial charge in [-0.15, -0.1) is 0 Å². The summed E-state index contributed by atoms with van der Waals surface area (Å²) in [4.78, 5) is 22.6. The van der Waals surface area contributed by atoms with E-state index < -0.39 is 17.6 Å². The summed E-state index contributed by atoms with van der Waals surface area (Å²) in [6.45, 7) is 5.70. The van der Waals surface area contributed by atoms with Crippen molar-refractivity contribution in [3.8, 4) is 0 Å². The number of carbonyl (C=O) groups is 2. The summed E-state index contributed by atoms with van der Waals surface area (Å²) in [5.74, 6) is -0.481. The van der Waals surface area contributed by atoms with Gasteiger partial charge in [0.05, 0.1) is 0 Å². The van der Waals surface area contributed by atoms with E-state index in [0.717, 1.165) is 0 Å². The van der Waals surface area contributed by atoms with Crippen LogP contribution in [-0.2, 0) is 4.74 Å². The number of nitrogens with one attached hydrogen (secondary N) is 1. The Balaban J connectivity index is 2.54. The molecule has 20 heavy (non-hydrogen) atoms. The Morgan fingerprint density at radius 3 is 2.55 bits per heavy atom. The van der Waals surface area contributed by atoms with Crippen LogP contribution in [-0.4, -0.2) is 24.1 Å². The first-order chi connectivity index (χ1) is 9.29. The van der Waals surface area contributed by atoms with Crippen molar-refractivity contribution in [2.45, 2.75) is 26.4 Å². The van der Waals surface area contributed by atoms with Crippen molar-refractivity contribution >= 4 is 18.1 Å². The van der Waals surface area contributed by atoms with Crippen LogP contribution in [0.25, 0.3) is 6.08 Å². The Morgan fingerprint density at radius 2 is 1.95 bits per heavy atom. The molecule has 108 valence electrons. The number of amides is 2. The number of benzene rings is 1. The highest BCUT2D eigenvalue weighted by Crippen LogP contribution is 2.10. The maximum atomic E-state index is 11.4. The van der Waals surface area contributed by atoms with Crippen molar-refractivity contribution in [2.75, 3.05) is 6.54 Å². The molecule has 1 aromatic rings.